The number of thioether (sulfide) groups is 1. The second-order valence-electron chi connectivity index (χ2n) is 3.96. The van der Waals surface area contributed by atoms with E-state index in [0.29, 0.717) is 11.6 Å². The van der Waals surface area contributed by atoms with Gasteiger partial charge < -0.3 is 5.73 Å². The van der Waals surface area contributed by atoms with Crippen molar-refractivity contribution in [3.63, 3.8) is 0 Å². The van der Waals surface area contributed by atoms with Crippen LogP contribution in [0.1, 0.15) is 19.4 Å². The third-order valence-corrected chi connectivity index (χ3v) is 3.43. The summed E-state index contributed by atoms with van der Waals surface area (Å²) in [5.74, 6) is 1.80. The summed E-state index contributed by atoms with van der Waals surface area (Å²) >= 11 is 1.84. The maximum atomic E-state index is 8.49. The number of nitriles is 1. The van der Waals surface area contributed by atoms with Crippen molar-refractivity contribution in [2.24, 2.45) is 11.7 Å². The molecule has 0 saturated carbocycles. The van der Waals surface area contributed by atoms with Gasteiger partial charge in [-0.05, 0) is 23.6 Å². The molecule has 0 aliphatic rings. The molecule has 0 aliphatic carbocycles. The monoisotopic (exact) mass is 232 g/mol. The van der Waals surface area contributed by atoms with Gasteiger partial charge in [0, 0.05) is 22.4 Å². The standard InChI is InChI=1S/C13H16N2S/c1-10(2)9-16-12-5-3-11(4-6-12)13(15)7-8-14/h3-7,10H,9,15H2,1-2H3/b13-7-. The summed E-state index contributed by atoms with van der Waals surface area (Å²) < 4.78 is 0. The first kappa shape index (κ1) is 12.7. The molecule has 0 aromatic heterocycles. The predicted octanol–water partition coefficient (Wildman–Crippen LogP) is 3.26. The van der Waals surface area contributed by atoms with Gasteiger partial charge in [0.1, 0.15) is 0 Å². The molecule has 0 heterocycles. The van der Waals surface area contributed by atoms with Crippen molar-refractivity contribution in [1.82, 2.24) is 0 Å². The van der Waals surface area contributed by atoms with Gasteiger partial charge in [-0.25, -0.2) is 0 Å². The number of hydrogen-bond donors (Lipinski definition) is 1. The molecule has 0 unspecified atom stereocenters. The molecule has 3 heteroatoms. The third-order valence-electron chi connectivity index (χ3n) is 1.99. The number of hydrogen-bond acceptors (Lipinski definition) is 3. The van der Waals surface area contributed by atoms with E-state index in [4.69, 9.17) is 11.0 Å². The molecule has 0 aliphatic heterocycles. The maximum Gasteiger partial charge on any atom is 0.0933 e. The van der Waals surface area contributed by atoms with Crippen LogP contribution in [0.4, 0.5) is 0 Å². The molecule has 2 nitrogen and oxygen atoms in total. The summed E-state index contributed by atoms with van der Waals surface area (Å²) in [6.45, 7) is 4.41. The average molecular weight is 232 g/mol. The van der Waals surface area contributed by atoms with E-state index in [-0.39, 0.29) is 0 Å². The third kappa shape index (κ3) is 4.00. The lowest BCUT2D eigenvalue weighted by molar-refractivity contribution is 0.750. The molecule has 1 rings (SSSR count). The first-order valence-corrected chi connectivity index (χ1v) is 6.20. The molecule has 1 aromatic rings. The van der Waals surface area contributed by atoms with E-state index in [9.17, 15) is 0 Å². The van der Waals surface area contributed by atoms with Gasteiger partial charge in [0.15, 0.2) is 0 Å². The zero-order chi connectivity index (χ0) is 12.0. The van der Waals surface area contributed by atoms with Crippen LogP contribution in [0.25, 0.3) is 5.70 Å². The number of nitrogens with zero attached hydrogens (tertiary/aromatic N) is 1. The zero-order valence-corrected chi connectivity index (χ0v) is 10.4. The molecule has 1 aromatic carbocycles. The fourth-order valence-corrected chi connectivity index (χ4v) is 2.01. The summed E-state index contributed by atoms with van der Waals surface area (Å²) in [5.41, 5.74) is 7.12. The van der Waals surface area contributed by atoms with Crippen LogP contribution in [-0.4, -0.2) is 5.75 Å². The van der Waals surface area contributed by atoms with Crippen molar-refractivity contribution in [3.05, 3.63) is 35.9 Å². The topological polar surface area (TPSA) is 49.8 Å². The smallest absolute Gasteiger partial charge is 0.0933 e. The molecule has 0 fully saturated rings. The van der Waals surface area contributed by atoms with E-state index in [1.165, 1.54) is 11.0 Å². The largest absolute Gasteiger partial charge is 0.398 e. The van der Waals surface area contributed by atoms with Crippen LogP contribution < -0.4 is 5.73 Å². The number of nitrogens with two attached hydrogens (primary N) is 1. The molecule has 0 spiro atoms. The Labute approximate surface area is 101 Å². The van der Waals surface area contributed by atoms with E-state index >= 15 is 0 Å². The second kappa shape index (κ2) is 6.24. The van der Waals surface area contributed by atoms with Crippen LogP contribution in [0.15, 0.2) is 35.2 Å². The summed E-state index contributed by atoms with van der Waals surface area (Å²) in [5, 5.41) is 8.49. The second-order valence-corrected chi connectivity index (χ2v) is 5.05. The quantitative estimate of drug-likeness (QED) is 0.640. The van der Waals surface area contributed by atoms with Gasteiger partial charge in [-0.1, -0.05) is 26.0 Å². The SMILES string of the molecule is CC(C)CSc1ccc(/C(N)=C/C#N)cc1. The first-order chi connectivity index (χ1) is 7.63. The van der Waals surface area contributed by atoms with E-state index in [0.717, 1.165) is 11.3 Å². The van der Waals surface area contributed by atoms with E-state index < -0.39 is 0 Å². The Hall–Kier alpha value is -1.40. The molecule has 0 bridgehead atoms. The summed E-state index contributed by atoms with van der Waals surface area (Å²) in [4.78, 5) is 1.24. The van der Waals surface area contributed by atoms with Gasteiger partial charge in [-0.2, -0.15) is 5.26 Å². The minimum atomic E-state index is 0.517. The lowest BCUT2D eigenvalue weighted by Crippen LogP contribution is -1.95. The molecule has 0 atom stereocenters. The number of rotatable bonds is 4. The van der Waals surface area contributed by atoms with Crippen LogP contribution in [0.2, 0.25) is 0 Å². The normalized spacial score (nSPS) is 11.5. The van der Waals surface area contributed by atoms with Gasteiger partial charge >= 0.3 is 0 Å². The van der Waals surface area contributed by atoms with E-state index in [2.05, 4.69) is 13.8 Å². The zero-order valence-electron chi connectivity index (χ0n) is 9.60. The van der Waals surface area contributed by atoms with Gasteiger partial charge in [0.05, 0.1) is 6.07 Å². The van der Waals surface area contributed by atoms with Crippen LogP contribution in [0, 0.1) is 17.2 Å². The average Bonchev–Trinajstić information content (AvgIpc) is 2.27. The molecule has 16 heavy (non-hydrogen) atoms. The van der Waals surface area contributed by atoms with Crippen molar-refractivity contribution in [2.75, 3.05) is 5.75 Å². The minimum absolute atomic E-state index is 0.517. The van der Waals surface area contributed by atoms with Crippen LogP contribution in [-0.2, 0) is 0 Å². The van der Waals surface area contributed by atoms with Gasteiger partial charge in [-0.15, -0.1) is 11.8 Å². The fraction of sp³-hybridized carbons (Fsp3) is 0.308. The summed E-state index contributed by atoms with van der Waals surface area (Å²) in [6.07, 6.45) is 1.36. The Bertz CT molecular complexity index is 399. The Morgan fingerprint density at radius 3 is 2.56 bits per heavy atom. The minimum Gasteiger partial charge on any atom is -0.398 e. The summed E-state index contributed by atoms with van der Waals surface area (Å²) in [6, 6.07) is 9.91. The van der Waals surface area contributed by atoms with Gasteiger partial charge in [-0.3, -0.25) is 0 Å². The predicted molar refractivity (Wildman–Crippen MR) is 69.8 cm³/mol. The Kier molecular flexibility index (Phi) is 4.94. The lowest BCUT2D eigenvalue weighted by Gasteiger charge is -2.05. The maximum absolute atomic E-state index is 8.49. The van der Waals surface area contributed by atoms with E-state index in [1.54, 1.807) is 0 Å². The van der Waals surface area contributed by atoms with Gasteiger partial charge in [0.2, 0.25) is 0 Å². The van der Waals surface area contributed by atoms with Gasteiger partial charge in [0.25, 0.3) is 0 Å². The molecular weight excluding hydrogens is 216 g/mol. The van der Waals surface area contributed by atoms with Crippen LogP contribution in [0.3, 0.4) is 0 Å². The molecule has 2 N–H and O–H groups in total. The van der Waals surface area contributed by atoms with Crippen molar-refractivity contribution in [3.8, 4) is 6.07 Å². The molecule has 0 radical (unpaired) electrons. The highest BCUT2D eigenvalue weighted by molar-refractivity contribution is 7.99. The van der Waals surface area contributed by atoms with Crippen molar-refractivity contribution < 1.29 is 0 Å². The highest BCUT2D eigenvalue weighted by Crippen LogP contribution is 2.22. The van der Waals surface area contributed by atoms with Crippen molar-refractivity contribution >= 4 is 17.5 Å². The number of benzene rings is 1. The highest BCUT2D eigenvalue weighted by Gasteiger charge is 1.99. The highest BCUT2D eigenvalue weighted by atomic mass is 32.2. The summed E-state index contributed by atoms with van der Waals surface area (Å²) in [7, 11) is 0. The van der Waals surface area contributed by atoms with Crippen molar-refractivity contribution in [2.45, 2.75) is 18.7 Å². The lowest BCUT2D eigenvalue weighted by atomic mass is 10.1. The van der Waals surface area contributed by atoms with E-state index in [1.807, 2.05) is 42.1 Å². The Morgan fingerprint density at radius 1 is 1.44 bits per heavy atom. The molecular formula is C13H16N2S. The Balaban J connectivity index is 2.69. The van der Waals surface area contributed by atoms with Crippen LogP contribution >= 0.6 is 11.8 Å². The number of allylic oxidation sites excluding steroid dienone is 1. The molecule has 0 amide bonds. The molecule has 84 valence electrons. The Morgan fingerprint density at radius 2 is 2.06 bits per heavy atom. The first-order valence-electron chi connectivity index (χ1n) is 5.22. The van der Waals surface area contributed by atoms with Crippen LogP contribution in [0.5, 0.6) is 0 Å². The molecule has 0 saturated heterocycles. The fourth-order valence-electron chi connectivity index (χ4n) is 1.16. The van der Waals surface area contributed by atoms with Crippen molar-refractivity contribution in [1.29, 1.82) is 5.26 Å².